The van der Waals surface area contributed by atoms with Crippen molar-refractivity contribution in [2.45, 2.75) is 37.9 Å². The van der Waals surface area contributed by atoms with Crippen molar-refractivity contribution >= 4 is 11.3 Å². The standard InChI is InChI=1S/C14H13NO2.C13H12O2S/c16-12-4-6-13-10(8-12)3-5-14(17-13)11-2-1-7-15-9-11;14-11-2-4-12-9(7-11)1-3-13(15-12)10-5-6-16-8-10/h1-2,4,6-9,14,16H,3,5H2;2,4-8,13-14H,1,3H2. The third kappa shape index (κ3) is 4.96. The highest BCUT2D eigenvalue weighted by Crippen LogP contribution is 2.37. The number of ether oxygens (including phenoxy) is 2. The molecule has 6 heteroatoms. The molecule has 2 N–H and O–H groups in total. The summed E-state index contributed by atoms with van der Waals surface area (Å²) in [4.78, 5) is 4.11. The first kappa shape index (κ1) is 21.3. The van der Waals surface area contributed by atoms with Crippen LogP contribution in [0.4, 0.5) is 0 Å². The highest BCUT2D eigenvalue weighted by Gasteiger charge is 2.22. The molecular formula is C27H25NO4S. The number of benzene rings is 2. The van der Waals surface area contributed by atoms with Crippen LogP contribution in [0.5, 0.6) is 23.0 Å². The van der Waals surface area contributed by atoms with E-state index < -0.39 is 0 Å². The smallest absolute Gasteiger partial charge is 0.126 e. The molecule has 4 aromatic rings. The molecule has 4 heterocycles. The van der Waals surface area contributed by atoms with Crippen LogP contribution in [-0.4, -0.2) is 15.2 Å². The molecule has 168 valence electrons. The van der Waals surface area contributed by atoms with Gasteiger partial charge < -0.3 is 19.7 Å². The number of hydrogen-bond acceptors (Lipinski definition) is 6. The molecule has 2 aliphatic rings. The van der Waals surface area contributed by atoms with E-state index in [2.05, 4.69) is 21.8 Å². The molecule has 0 amide bonds. The maximum atomic E-state index is 9.41. The van der Waals surface area contributed by atoms with Gasteiger partial charge in [-0.15, -0.1) is 0 Å². The van der Waals surface area contributed by atoms with Crippen LogP contribution in [-0.2, 0) is 12.8 Å². The fourth-order valence-electron chi connectivity index (χ4n) is 4.24. The summed E-state index contributed by atoms with van der Waals surface area (Å²) < 4.78 is 11.8. The molecule has 33 heavy (non-hydrogen) atoms. The topological polar surface area (TPSA) is 71.8 Å². The molecule has 5 nitrogen and oxygen atoms in total. The zero-order valence-electron chi connectivity index (χ0n) is 18.1. The lowest BCUT2D eigenvalue weighted by Gasteiger charge is -2.26. The first-order valence-electron chi connectivity index (χ1n) is 11.0. The minimum atomic E-state index is 0.0701. The lowest BCUT2D eigenvalue weighted by molar-refractivity contribution is 0.176. The highest BCUT2D eigenvalue weighted by molar-refractivity contribution is 7.07. The second kappa shape index (κ2) is 9.55. The van der Waals surface area contributed by atoms with E-state index in [1.807, 2.05) is 30.5 Å². The monoisotopic (exact) mass is 459 g/mol. The van der Waals surface area contributed by atoms with E-state index >= 15 is 0 Å². The quantitative estimate of drug-likeness (QED) is 0.364. The number of fused-ring (bicyclic) bond motifs is 2. The van der Waals surface area contributed by atoms with Crippen LogP contribution in [0.15, 0.2) is 77.8 Å². The zero-order chi connectivity index (χ0) is 22.6. The molecule has 0 spiro atoms. The Morgan fingerprint density at radius 1 is 0.788 bits per heavy atom. The van der Waals surface area contributed by atoms with Crippen LogP contribution in [0, 0.1) is 0 Å². The number of aromatic nitrogens is 1. The Hall–Kier alpha value is -3.51. The second-order valence-electron chi connectivity index (χ2n) is 8.22. The molecule has 0 fully saturated rings. The van der Waals surface area contributed by atoms with E-state index in [1.165, 1.54) is 5.56 Å². The Bertz CT molecular complexity index is 1210. The van der Waals surface area contributed by atoms with Crippen molar-refractivity contribution in [3.05, 3.63) is 100 Å². The average molecular weight is 460 g/mol. The van der Waals surface area contributed by atoms with Gasteiger partial charge in [0.1, 0.15) is 35.2 Å². The van der Waals surface area contributed by atoms with E-state index in [-0.39, 0.29) is 12.2 Å². The third-order valence-electron chi connectivity index (χ3n) is 5.95. The van der Waals surface area contributed by atoms with Gasteiger partial charge in [-0.1, -0.05) is 6.07 Å². The summed E-state index contributed by atoms with van der Waals surface area (Å²) in [7, 11) is 0. The Balaban J connectivity index is 0.000000139. The average Bonchev–Trinajstić information content (AvgIpc) is 3.39. The Kier molecular flexibility index (Phi) is 6.17. The summed E-state index contributed by atoms with van der Waals surface area (Å²) in [6.07, 6.45) is 7.63. The minimum Gasteiger partial charge on any atom is -0.508 e. The maximum Gasteiger partial charge on any atom is 0.126 e. The number of phenols is 2. The van der Waals surface area contributed by atoms with Gasteiger partial charge in [0.2, 0.25) is 0 Å². The normalized spacial score (nSPS) is 18.5. The number of hydrogen-bond donors (Lipinski definition) is 2. The zero-order valence-corrected chi connectivity index (χ0v) is 18.9. The van der Waals surface area contributed by atoms with E-state index in [4.69, 9.17) is 9.47 Å². The van der Waals surface area contributed by atoms with Crippen LogP contribution in [0.3, 0.4) is 0 Å². The van der Waals surface area contributed by atoms with Gasteiger partial charge in [0.05, 0.1) is 0 Å². The number of aromatic hydroxyl groups is 2. The summed E-state index contributed by atoms with van der Waals surface area (Å²) >= 11 is 1.70. The van der Waals surface area contributed by atoms with E-state index in [1.54, 1.807) is 41.8 Å². The number of phenolic OH excluding ortho intramolecular Hbond substituents is 2. The Morgan fingerprint density at radius 2 is 1.42 bits per heavy atom. The molecule has 2 aromatic carbocycles. The number of aryl methyl sites for hydroxylation is 2. The fourth-order valence-corrected chi connectivity index (χ4v) is 4.95. The second-order valence-corrected chi connectivity index (χ2v) is 9.00. The summed E-state index contributed by atoms with van der Waals surface area (Å²) in [6, 6.07) is 16.6. The number of pyridine rings is 1. The molecule has 0 bridgehead atoms. The van der Waals surface area contributed by atoms with Crippen LogP contribution >= 0.6 is 11.3 Å². The predicted octanol–water partition coefficient (Wildman–Crippen LogP) is 6.37. The SMILES string of the molecule is Oc1ccc2c(c1)CCC(c1cccnc1)O2.Oc1ccc2c(c1)CCC(c1ccsc1)O2. The molecule has 2 aromatic heterocycles. The first-order chi connectivity index (χ1) is 16.2. The van der Waals surface area contributed by atoms with Crippen LogP contribution < -0.4 is 9.47 Å². The summed E-state index contributed by atoms with van der Waals surface area (Å²) in [5, 5.41) is 23.0. The van der Waals surface area contributed by atoms with Gasteiger partial charge >= 0.3 is 0 Å². The van der Waals surface area contributed by atoms with Crippen molar-refractivity contribution in [2.24, 2.45) is 0 Å². The molecule has 0 saturated heterocycles. The van der Waals surface area contributed by atoms with E-state index in [0.717, 1.165) is 53.9 Å². The van der Waals surface area contributed by atoms with Crippen LogP contribution in [0.2, 0.25) is 0 Å². The molecular weight excluding hydrogens is 434 g/mol. The Morgan fingerprint density at radius 3 is 1.97 bits per heavy atom. The molecule has 2 aliphatic heterocycles. The lowest BCUT2D eigenvalue weighted by atomic mass is 9.98. The number of nitrogens with zero attached hydrogens (tertiary/aromatic N) is 1. The highest BCUT2D eigenvalue weighted by atomic mass is 32.1. The Labute approximate surface area is 196 Å². The first-order valence-corrected chi connectivity index (χ1v) is 12.0. The van der Waals surface area contributed by atoms with Crippen molar-refractivity contribution in [1.82, 2.24) is 4.98 Å². The van der Waals surface area contributed by atoms with Gasteiger partial charge in [-0.2, -0.15) is 11.3 Å². The molecule has 2 atom stereocenters. The van der Waals surface area contributed by atoms with Crippen LogP contribution in [0.25, 0.3) is 0 Å². The molecule has 0 aliphatic carbocycles. The summed E-state index contributed by atoms with van der Waals surface area (Å²) in [5.74, 6) is 2.38. The molecule has 0 saturated carbocycles. The van der Waals surface area contributed by atoms with Crippen molar-refractivity contribution in [3.8, 4) is 23.0 Å². The number of rotatable bonds is 2. The summed E-state index contributed by atoms with van der Waals surface area (Å²) in [5.41, 5.74) is 4.53. The molecule has 2 unspecified atom stereocenters. The molecule has 0 radical (unpaired) electrons. The van der Waals surface area contributed by atoms with Gasteiger partial charge in [-0.25, -0.2) is 0 Å². The predicted molar refractivity (Wildman–Crippen MR) is 128 cm³/mol. The number of thiophene rings is 1. The third-order valence-corrected chi connectivity index (χ3v) is 6.65. The largest absolute Gasteiger partial charge is 0.508 e. The lowest BCUT2D eigenvalue weighted by Crippen LogP contribution is -2.15. The van der Waals surface area contributed by atoms with Crippen molar-refractivity contribution in [3.63, 3.8) is 0 Å². The fraction of sp³-hybridized carbons (Fsp3) is 0.222. The minimum absolute atomic E-state index is 0.0701. The summed E-state index contributed by atoms with van der Waals surface area (Å²) in [6.45, 7) is 0. The van der Waals surface area contributed by atoms with E-state index in [9.17, 15) is 10.2 Å². The van der Waals surface area contributed by atoms with Gasteiger partial charge in [0.25, 0.3) is 0 Å². The van der Waals surface area contributed by atoms with Crippen LogP contribution in [0.1, 0.15) is 47.3 Å². The van der Waals surface area contributed by atoms with Gasteiger partial charge in [0.15, 0.2) is 0 Å². The van der Waals surface area contributed by atoms with E-state index in [0.29, 0.717) is 11.5 Å². The molecule has 6 rings (SSSR count). The van der Waals surface area contributed by atoms with Crippen molar-refractivity contribution in [1.29, 1.82) is 0 Å². The maximum absolute atomic E-state index is 9.41. The van der Waals surface area contributed by atoms with Crippen molar-refractivity contribution in [2.75, 3.05) is 0 Å². The van der Waals surface area contributed by atoms with Gasteiger partial charge in [0, 0.05) is 23.5 Å². The van der Waals surface area contributed by atoms with Crippen molar-refractivity contribution < 1.29 is 19.7 Å². The van der Waals surface area contributed by atoms with Gasteiger partial charge in [-0.05, 0) is 96.1 Å². The van der Waals surface area contributed by atoms with Gasteiger partial charge in [-0.3, -0.25) is 4.98 Å².